The van der Waals surface area contributed by atoms with Gasteiger partial charge in [0.05, 0.1) is 16.3 Å². The van der Waals surface area contributed by atoms with Crippen molar-refractivity contribution in [1.29, 1.82) is 0 Å². The summed E-state index contributed by atoms with van der Waals surface area (Å²) >= 11 is 1.75. The van der Waals surface area contributed by atoms with E-state index in [1.54, 1.807) is 11.3 Å². The van der Waals surface area contributed by atoms with Crippen molar-refractivity contribution in [2.75, 3.05) is 18.4 Å². The fourth-order valence-electron chi connectivity index (χ4n) is 4.50. The van der Waals surface area contributed by atoms with Crippen LogP contribution in [-0.4, -0.2) is 29.0 Å². The van der Waals surface area contributed by atoms with Crippen molar-refractivity contribution in [3.8, 4) is 11.3 Å². The first-order valence-corrected chi connectivity index (χ1v) is 11.5. The number of nitrogens with one attached hydrogen (secondary N) is 3. The molecule has 2 aliphatic heterocycles. The summed E-state index contributed by atoms with van der Waals surface area (Å²) in [6.45, 7) is 2.13. The van der Waals surface area contributed by atoms with Crippen LogP contribution in [0.1, 0.15) is 35.0 Å². The van der Waals surface area contributed by atoms with E-state index in [1.807, 2.05) is 36.4 Å². The molecule has 2 aliphatic rings. The van der Waals surface area contributed by atoms with Crippen LogP contribution in [0.3, 0.4) is 0 Å². The van der Waals surface area contributed by atoms with E-state index in [4.69, 9.17) is 4.98 Å². The molecule has 5 nitrogen and oxygen atoms in total. The molecule has 4 heterocycles. The van der Waals surface area contributed by atoms with Gasteiger partial charge in [-0.2, -0.15) is 0 Å². The zero-order valence-electron chi connectivity index (χ0n) is 16.9. The number of aromatic amines is 1. The van der Waals surface area contributed by atoms with E-state index < -0.39 is 0 Å². The Labute approximate surface area is 184 Å². The first-order valence-electron chi connectivity index (χ1n) is 10.7. The molecular weight excluding hydrogens is 404 g/mol. The number of nitrogens with zero attached hydrogens (tertiary/aromatic N) is 1. The number of amides is 1. The Balaban J connectivity index is 1.35. The predicted molar refractivity (Wildman–Crippen MR) is 127 cm³/mol. The van der Waals surface area contributed by atoms with Crippen molar-refractivity contribution in [3.05, 3.63) is 70.2 Å². The van der Waals surface area contributed by atoms with Gasteiger partial charge < -0.3 is 15.6 Å². The predicted octanol–water partition coefficient (Wildman–Crippen LogP) is 5.25. The number of anilines is 1. The summed E-state index contributed by atoms with van der Waals surface area (Å²) in [4.78, 5) is 21.0. The molecule has 31 heavy (non-hydrogen) atoms. The highest BCUT2D eigenvalue weighted by Gasteiger charge is 2.25. The number of hydrogen-bond donors (Lipinski definition) is 3. The van der Waals surface area contributed by atoms with Crippen LogP contribution in [0.5, 0.6) is 0 Å². The van der Waals surface area contributed by atoms with E-state index in [0.717, 1.165) is 65.0 Å². The molecule has 0 aliphatic carbocycles. The number of aromatic nitrogens is 2. The Bertz CT molecular complexity index is 1290. The SMILES string of the molecule is O=C1Nc2ccc(-c3csc(C4CCNCC4)n3)cc2/C1=C/c1cc2ccccc2[nH]1. The number of piperidine rings is 1. The summed E-state index contributed by atoms with van der Waals surface area (Å²) in [5, 5.41) is 10.9. The molecule has 0 spiro atoms. The summed E-state index contributed by atoms with van der Waals surface area (Å²) in [5.74, 6) is 0.481. The number of para-hydroxylation sites is 1. The number of hydrogen-bond acceptors (Lipinski definition) is 4. The number of fused-ring (bicyclic) bond motifs is 2. The van der Waals surface area contributed by atoms with Crippen molar-refractivity contribution in [1.82, 2.24) is 15.3 Å². The normalized spacial score (nSPS) is 17.9. The first-order chi connectivity index (χ1) is 15.2. The van der Waals surface area contributed by atoms with E-state index in [0.29, 0.717) is 11.5 Å². The van der Waals surface area contributed by atoms with Crippen LogP contribution in [0.4, 0.5) is 5.69 Å². The first kappa shape index (κ1) is 18.5. The van der Waals surface area contributed by atoms with Gasteiger partial charge in [0.2, 0.25) is 0 Å². The van der Waals surface area contributed by atoms with Crippen molar-refractivity contribution in [2.24, 2.45) is 0 Å². The molecule has 1 amide bonds. The van der Waals surface area contributed by atoms with Gasteiger partial charge in [-0.15, -0.1) is 11.3 Å². The zero-order valence-corrected chi connectivity index (χ0v) is 17.8. The number of H-pyrrole nitrogens is 1. The maximum Gasteiger partial charge on any atom is 0.256 e. The van der Waals surface area contributed by atoms with Crippen LogP contribution in [0.2, 0.25) is 0 Å². The minimum atomic E-state index is -0.0699. The van der Waals surface area contributed by atoms with E-state index in [-0.39, 0.29) is 5.91 Å². The lowest BCUT2D eigenvalue weighted by Crippen LogP contribution is -2.26. The quantitative estimate of drug-likeness (QED) is 0.392. The molecule has 4 aromatic rings. The highest BCUT2D eigenvalue weighted by atomic mass is 32.1. The second-order valence-corrected chi connectivity index (χ2v) is 9.07. The molecule has 0 bridgehead atoms. The van der Waals surface area contributed by atoms with Gasteiger partial charge in [0.15, 0.2) is 0 Å². The molecule has 0 atom stereocenters. The van der Waals surface area contributed by atoms with Gasteiger partial charge in [0.25, 0.3) is 5.91 Å². The molecule has 0 unspecified atom stereocenters. The second-order valence-electron chi connectivity index (χ2n) is 8.18. The molecule has 6 rings (SSSR count). The Morgan fingerprint density at radius 2 is 1.94 bits per heavy atom. The lowest BCUT2D eigenvalue weighted by molar-refractivity contribution is -0.110. The number of benzene rings is 2. The highest BCUT2D eigenvalue weighted by Crippen LogP contribution is 2.38. The van der Waals surface area contributed by atoms with Crippen molar-refractivity contribution in [3.63, 3.8) is 0 Å². The van der Waals surface area contributed by atoms with E-state index in [9.17, 15) is 4.79 Å². The average molecular weight is 427 g/mol. The third kappa shape index (κ3) is 3.38. The van der Waals surface area contributed by atoms with Gasteiger partial charge in [-0.3, -0.25) is 4.79 Å². The minimum absolute atomic E-state index is 0.0699. The molecule has 0 saturated carbocycles. The van der Waals surface area contributed by atoms with Gasteiger partial charge in [-0.05, 0) is 61.7 Å². The maximum absolute atomic E-state index is 12.7. The smallest absolute Gasteiger partial charge is 0.256 e. The fraction of sp³-hybridized carbons (Fsp3) is 0.200. The second kappa shape index (κ2) is 7.48. The molecule has 1 fully saturated rings. The average Bonchev–Trinajstić information content (AvgIpc) is 3.52. The van der Waals surface area contributed by atoms with E-state index in [2.05, 4.69) is 39.2 Å². The van der Waals surface area contributed by atoms with Crippen molar-refractivity contribution >= 4 is 45.5 Å². The number of thiazole rings is 1. The van der Waals surface area contributed by atoms with Gasteiger partial charge >= 0.3 is 0 Å². The summed E-state index contributed by atoms with van der Waals surface area (Å²) < 4.78 is 0. The lowest BCUT2D eigenvalue weighted by Gasteiger charge is -2.20. The van der Waals surface area contributed by atoms with Crippen LogP contribution in [-0.2, 0) is 4.79 Å². The fourth-order valence-corrected chi connectivity index (χ4v) is 5.50. The maximum atomic E-state index is 12.7. The van der Waals surface area contributed by atoms with Gasteiger partial charge in [-0.1, -0.05) is 24.3 Å². The van der Waals surface area contributed by atoms with E-state index >= 15 is 0 Å². The molecule has 1 saturated heterocycles. The van der Waals surface area contributed by atoms with E-state index in [1.165, 1.54) is 5.01 Å². The van der Waals surface area contributed by atoms with Crippen LogP contribution in [0.15, 0.2) is 53.9 Å². The summed E-state index contributed by atoms with van der Waals surface area (Å²) in [7, 11) is 0. The standard InChI is InChI=1S/C25H22N4OS/c30-24-20(13-18-11-16-3-1-2-4-21(16)27-18)19-12-17(5-6-22(19)28-24)23-14-31-25(29-23)15-7-9-26-10-8-15/h1-6,11-15,26-27H,7-10H2,(H,28,30)/b20-13-. The summed E-state index contributed by atoms with van der Waals surface area (Å²) in [6.07, 6.45) is 4.23. The van der Waals surface area contributed by atoms with Crippen LogP contribution >= 0.6 is 11.3 Å². The lowest BCUT2D eigenvalue weighted by atomic mass is 9.99. The molecule has 2 aromatic carbocycles. The number of rotatable bonds is 3. The zero-order chi connectivity index (χ0) is 20.8. The molecular formula is C25H22N4OS. The molecule has 154 valence electrons. The van der Waals surface area contributed by atoms with Crippen molar-refractivity contribution < 1.29 is 4.79 Å². The molecule has 6 heteroatoms. The Kier molecular flexibility index (Phi) is 4.47. The molecule has 0 radical (unpaired) electrons. The van der Waals surface area contributed by atoms with Crippen LogP contribution in [0.25, 0.3) is 33.8 Å². The summed E-state index contributed by atoms with van der Waals surface area (Å²) in [5.41, 5.74) is 6.49. The van der Waals surface area contributed by atoms with Crippen LogP contribution in [0, 0.1) is 0 Å². The largest absolute Gasteiger partial charge is 0.355 e. The van der Waals surface area contributed by atoms with Crippen molar-refractivity contribution in [2.45, 2.75) is 18.8 Å². The minimum Gasteiger partial charge on any atom is -0.355 e. The third-order valence-electron chi connectivity index (χ3n) is 6.16. The Morgan fingerprint density at radius 3 is 2.81 bits per heavy atom. The Hall–Kier alpha value is -3.22. The molecule has 3 N–H and O–H groups in total. The van der Waals surface area contributed by atoms with Crippen LogP contribution < -0.4 is 10.6 Å². The number of carbonyl (C=O) groups is 1. The van der Waals surface area contributed by atoms with Gasteiger partial charge in [0.1, 0.15) is 0 Å². The molecule has 2 aromatic heterocycles. The highest BCUT2D eigenvalue weighted by molar-refractivity contribution is 7.10. The monoisotopic (exact) mass is 426 g/mol. The summed E-state index contributed by atoms with van der Waals surface area (Å²) in [6, 6.07) is 16.3. The van der Waals surface area contributed by atoms with Gasteiger partial charge in [-0.25, -0.2) is 4.98 Å². The third-order valence-corrected chi connectivity index (χ3v) is 7.17. The Morgan fingerprint density at radius 1 is 1.06 bits per heavy atom. The van der Waals surface area contributed by atoms with Gasteiger partial charge in [0, 0.05) is 39.3 Å². The topological polar surface area (TPSA) is 69.8 Å². The number of carbonyl (C=O) groups excluding carboxylic acids is 1.